The largest absolute Gasteiger partial charge is 0.382 e. The Kier molecular flexibility index (Phi) is 9.06. The Labute approximate surface area is 212 Å². The van der Waals surface area contributed by atoms with E-state index in [4.69, 9.17) is 9.47 Å². The SMILES string of the molecule is CNC(=O)c1cccc(C(=O)NC2CCN(Cc3ccc4ccc(COCCOC)cc4c3)CC2)c1. The maximum atomic E-state index is 12.7. The molecular formula is C29H35N3O4. The van der Waals surface area contributed by atoms with E-state index >= 15 is 0 Å². The summed E-state index contributed by atoms with van der Waals surface area (Å²) < 4.78 is 10.7. The molecule has 0 aromatic heterocycles. The van der Waals surface area contributed by atoms with E-state index in [1.807, 2.05) is 0 Å². The molecule has 0 spiro atoms. The zero-order valence-electron chi connectivity index (χ0n) is 21.1. The van der Waals surface area contributed by atoms with Gasteiger partial charge in [0.15, 0.2) is 0 Å². The predicted octanol–water partition coefficient (Wildman–Crippen LogP) is 3.76. The number of hydrogen-bond donors (Lipinski definition) is 2. The van der Waals surface area contributed by atoms with Gasteiger partial charge in [0.05, 0.1) is 19.8 Å². The summed E-state index contributed by atoms with van der Waals surface area (Å²) in [6, 6.07) is 20.1. The summed E-state index contributed by atoms with van der Waals surface area (Å²) in [4.78, 5) is 27.0. The van der Waals surface area contributed by atoms with Crippen molar-refractivity contribution in [1.29, 1.82) is 0 Å². The van der Waals surface area contributed by atoms with Crippen molar-refractivity contribution in [1.82, 2.24) is 15.5 Å². The summed E-state index contributed by atoms with van der Waals surface area (Å²) in [6.45, 7) is 4.51. The van der Waals surface area contributed by atoms with Crippen LogP contribution in [0, 0.1) is 0 Å². The molecule has 1 saturated heterocycles. The van der Waals surface area contributed by atoms with Crippen molar-refractivity contribution in [3.63, 3.8) is 0 Å². The minimum atomic E-state index is -0.196. The van der Waals surface area contributed by atoms with Gasteiger partial charge in [0.2, 0.25) is 0 Å². The number of piperidine rings is 1. The van der Waals surface area contributed by atoms with E-state index in [1.54, 1.807) is 38.4 Å². The van der Waals surface area contributed by atoms with Gasteiger partial charge in [-0.25, -0.2) is 0 Å². The summed E-state index contributed by atoms with van der Waals surface area (Å²) in [5.74, 6) is -0.325. The van der Waals surface area contributed by atoms with Crippen LogP contribution in [0.4, 0.5) is 0 Å². The fraction of sp³-hybridized carbons (Fsp3) is 0.379. The molecule has 7 heteroatoms. The van der Waals surface area contributed by atoms with Gasteiger partial charge in [-0.1, -0.05) is 30.3 Å². The number of carbonyl (C=O) groups is 2. The third-order valence-corrected chi connectivity index (χ3v) is 6.61. The van der Waals surface area contributed by atoms with Gasteiger partial charge in [0.25, 0.3) is 11.8 Å². The highest BCUT2D eigenvalue weighted by molar-refractivity contribution is 5.99. The Hall–Kier alpha value is -3.26. The van der Waals surface area contributed by atoms with Crippen LogP contribution < -0.4 is 10.6 Å². The highest BCUT2D eigenvalue weighted by Gasteiger charge is 2.21. The number of benzene rings is 3. The Balaban J connectivity index is 1.29. The van der Waals surface area contributed by atoms with Crippen molar-refractivity contribution in [3.8, 4) is 0 Å². The summed E-state index contributed by atoms with van der Waals surface area (Å²) >= 11 is 0. The van der Waals surface area contributed by atoms with Crippen LogP contribution in [0.2, 0.25) is 0 Å². The molecule has 1 heterocycles. The number of amides is 2. The lowest BCUT2D eigenvalue weighted by Gasteiger charge is -2.32. The number of carbonyl (C=O) groups excluding carboxylic acids is 2. The van der Waals surface area contributed by atoms with Crippen LogP contribution in [0.15, 0.2) is 60.7 Å². The van der Waals surface area contributed by atoms with E-state index in [1.165, 1.54) is 16.3 Å². The van der Waals surface area contributed by atoms with Gasteiger partial charge in [-0.15, -0.1) is 0 Å². The molecule has 36 heavy (non-hydrogen) atoms. The summed E-state index contributed by atoms with van der Waals surface area (Å²) in [7, 11) is 3.26. The van der Waals surface area contributed by atoms with Gasteiger partial charge in [-0.3, -0.25) is 14.5 Å². The van der Waals surface area contributed by atoms with Crippen molar-refractivity contribution in [2.24, 2.45) is 0 Å². The minimum Gasteiger partial charge on any atom is -0.382 e. The van der Waals surface area contributed by atoms with Crippen molar-refractivity contribution >= 4 is 22.6 Å². The number of methoxy groups -OCH3 is 1. The molecule has 190 valence electrons. The van der Waals surface area contributed by atoms with Crippen molar-refractivity contribution in [2.75, 3.05) is 40.5 Å². The fourth-order valence-electron chi connectivity index (χ4n) is 4.57. The summed E-state index contributed by atoms with van der Waals surface area (Å²) in [5.41, 5.74) is 3.45. The third kappa shape index (κ3) is 6.91. The van der Waals surface area contributed by atoms with Crippen LogP contribution in [0.1, 0.15) is 44.7 Å². The molecule has 4 rings (SSSR count). The van der Waals surface area contributed by atoms with E-state index in [0.29, 0.717) is 30.9 Å². The highest BCUT2D eigenvalue weighted by atomic mass is 16.5. The molecule has 1 aliphatic heterocycles. The first-order chi connectivity index (χ1) is 17.6. The quantitative estimate of drug-likeness (QED) is 0.424. The molecule has 0 radical (unpaired) electrons. The molecule has 1 aliphatic rings. The van der Waals surface area contributed by atoms with Crippen LogP contribution in [-0.4, -0.2) is 63.2 Å². The molecule has 3 aromatic rings. The Morgan fingerprint density at radius 3 is 2.31 bits per heavy atom. The first-order valence-corrected chi connectivity index (χ1v) is 12.5. The van der Waals surface area contributed by atoms with Gasteiger partial charge in [0, 0.05) is 51.0 Å². The molecule has 2 N–H and O–H groups in total. The van der Waals surface area contributed by atoms with E-state index < -0.39 is 0 Å². The molecule has 0 atom stereocenters. The van der Waals surface area contributed by atoms with Gasteiger partial charge >= 0.3 is 0 Å². The van der Waals surface area contributed by atoms with Crippen molar-refractivity contribution in [3.05, 3.63) is 82.9 Å². The smallest absolute Gasteiger partial charge is 0.251 e. The standard InChI is InChI=1S/C29H35N3O4/c1-30-28(33)24-4-3-5-25(18-24)29(34)31-27-10-12-32(13-11-27)19-21-6-8-23-9-7-22(17-26(23)16-21)20-36-15-14-35-2/h3-9,16-18,27H,10-15,19-20H2,1-2H3,(H,30,33)(H,31,34). The number of hydrogen-bond acceptors (Lipinski definition) is 5. The van der Waals surface area contributed by atoms with Gasteiger partial charge in [-0.2, -0.15) is 0 Å². The number of likely N-dealkylation sites (tertiary alicyclic amines) is 1. The molecule has 2 amide bonds. The van der Waals surface area contributed by atoms with Crippen molar-refractivity contribution < 1.29 is 19.1 Å². The Bertz CT molecular complexity index is 1190. The lowest BCUT2D eigenvalue weighted by Crippen LogP contribution is -2.44. The first-order valence-electron chi connectivity index (χ1n) is 12.5. The lowest BCUT2D eigenvalue weighted by molar-refractivity contribution is 0.0617. The Morgan fingerprint density at radius 2 is 1.58 bits per heavy atom. The second-order valence-electron chi connectivity index (χ2n) is 9.25. The molecule has 0 aliphatic carbocycles. The molecule has 0 saturated carbocycles. The Morgan fingerprint density at radius 1 is 0.889 bits per heavy atom. The zero-order valence-corrected chi connectivity index (χ0v) is 21.1. The molecule has 1 fully saturated rings. The van der Waals surface area contributed by atoms with Crippen LogP contribution >= 0.6 is 0 Å². The average molecular weight is 490 g/mol. The van der Waals surface area contributed by atoms with Gasteiger partial charge in [0.1, 0.15) is 0 Å². The monoisotopic (exact) mass is 489 g/mol. The topological polar surface area (TPSA) is 79.9 Å². The summed E-state index contributed by atoms with van der Waals surface area (Å²) in [5, 5.41) is 8.18. The van der Waals surface area contributed by atoms with E-state index in [-0.39, 0.29) is 17.9 Å². The van der Waals surface area contributed by atoms with Gasteiger partial charge in [-0.05, 0) is 65.1 Å². The molecule has 3 aromatic carbocycles. The second kappa shape index (κ2) is 12.6. The highest BCUT2D eigenvalue weighted by Crippen LogP contribution is 2.21. The number of ether oxygens (including phenoxy) is 2. The molecule has 7 nitrogen and oxygen atoms in total. The van der Waals surface area contributed by atoms with E-state index in [2.05, 4.69) is 51.9 Å². The van der Waals surface area contributed by atoms with Crippen LogP contribution in [0.3, 0.4) is 0 Å². The van der Waals surface area contributed by atoms with Crippen LogP contribution in [0.25, 0.3) is 10.8 Å². The van der Waals surface area contributed by atoms with Crippen LogP contribution in [-0.2, 0) is 22.6 Å². The normalized spacial score (nSPS) is 14.6. The van der Waals surface area contributed by atoms with E-state index in [0.717, 1.165) is 38.0 Å². The first kappa shape index (κ1) is 25.8. The average Bonchev–Trinajstić information content (AvgIpc) is 2.91. The number of nitrogens with zero attached hydrogens (tertiary/aromatic N) is 1. The fourth-order valence-corrected chi connectivity index (χ4v) is 4.57. The van der Waals surface area contributed by atoms with Crippen LogP contribution in [0.5, 0.6) is 0 Å². The molecular weight excluding hydrogens is 454 g/mol. The zero-order chi connectivity index (χ0) is 25.3. The minimum absolute atomic E-state index is 0.129. The second-order valence-corrected chi connectivity index (χ2v) is 9.25. The van der Waals surface area contributed by atoms with Crippen molar-refractivity contribution in [2.45, 2.75) is 32.0 Å². The summed E-state index contributed by atoms with van der Waals surface area (Å²) in [6.07, 6.45) is 1.80. The number of rotatable bonds is 10. The molecule has 0 bridgehead atoms. The van der Waals surface area contributed by atoms with Gasteiger partial charge < -0.3 is 20.1 Å². The number of nitrogens with one attached hydrogen (secondary N) is 2. The third-order valence-electron chi connectivity index (χ3n) is 6.61. The number of fused-ring (bicyclic) bond motifs is 1. The maximum Gasteiger partial charge on any atom is 0.251 e. The lowest BCUT2D eigenvalue weighted by atomic mass is 10.0. The van der Waals surface area contributed by atoms with E-state index in [9.17, 15) is 9.59 Å². The molecule has 0 unspecified atom stereocenters. The maximum absolute atomic E-state index is 12.7. The predicted molar refractivity (Wildman–Crippen MR) is 141 cm³/mol.